The van der Waals surface area contributed by atoms with E-state index in [9.17, 15) is 0 Å². The van der Waals surface area contributed by atoms with Crippen LogP contribution in [0.25, 0.3) is 0 Å². The van der Waals surface area contributed by atoms with Crippen LogP contribution >= 0.6 is 23.2 Å². The van der Waals surface area contributed by atoms with Gasteiger partial charge in [0.05, 0.1) is 0 Å². The van der Waals surface area contributed by atoms with E-state index in [-0.39, 0.29) is 0 Å². The standard InChI is InChI=1S/C9H18Cl2/c1-9(2,3)5-4-8(6-10)7-11/h8H,4-7H2,1-3H3. The molecule has 0 rings (SSSR count). The average Bonchev–Trinajstić information content (AvgIpc) is 1.88. The van der Waals surface area contributed by atoms with Crippen molar-refractivity contribution in [3.05, 3.63) is 0 Å². The van der Waals surface area contributed by atoms with E-state index < -0.39 is 0 Å². The topological polar surface area (TPSA) is 0 Å². The Morgan fingerprint density at radius 2 is 1.55 bits per heavy atom. The Labute approximate surface area is 80.3 Å². The number of rotatable bonds is 4. The van der Waals surface area contributed by atoms with Gasteiger partial charge in [-0.25, -0.2) is 0 Å². The molecule has 0 amide bonds. The second-order valence-corrected chi connectivity index (χ2v) is 4.89. The first kappa shape index (κ1) is 11.6. The van der Waals surface area contributed by atoms with Crippen LogP contribution in [0.2, 0.25) is 0 Å². The van der Waals surface area contributed by atoms with Gasteiger partial charge in [0.2, 0.25) is 0 Å². The summed E-state index contributed by atoms with van der Waals surface area (Å²) in [6, 6.07) is 0. The Morgan fingerprint density at radius 3 is 1.82 bits per heavy atom. The maximum Gasteiger partial charge on any atom is 0.0263 e. The molecule has 0 saturated carbocycles. The van der Waals surface area contributed by atoms with Crippen molar-refractivity contribution < 1.29 is 0 Å². The van der Waals surface area contributed by atoms with E-state index in [1.165, 1.54) is 6.42 Å². The highest BCUT2D eigenvalue weighted by Crippen LogP contribution is 2.24. The molecule has 0 aromatic heterocycles. The lowest BCUT2D eigenvalue weighted by atomic mass is 9.88. The van der Waals surface area contributed by atoms with Crippen LogP contribution in [-0.4, -0.2) is 11.8 Å². The van der Waals surface area contributed by atoms with Crippen LogP contribution in [0.3, 0.4) is 0 Å². The predicted octanol–water partition coefficient (Wildman–Crippen LogP) is 3.91. The molecule has 0 aliphatic carbocycles. The molecule has 0 spiro atoms. The van der Waals surface area contributed by atoms with Crippen LogP contribution in [0.1, 0.15) is 33.6 Å². The van der Waals surface area contributed by atoms with Crippen LogP contribution in [-0.2, 0) is 0 Å². The van der Waals surface area contributed by atoms with Crippen LogP contribution in [0.15, 0.2) is 0 Å². The molecule has 0 aromatic carbocycles. The summed E-state index contributed by atoms with van der Waals surface area (Å²) in [7, 11) is 0. The molecule has 0 nitrogen and oxygen atoms in total. The fourth-order valence-corrected chi connectivity index (χ4v) is 1.47. The number of hydrogen-bond donors (Lipinski definition) is 0. The molecule has 2 heteroatoms. The zero-order valence-corrected chi connectivity index (χ0v) is 9.17. The van der Waals surface area contributed by atoms with Crippen molar-refractivity contribution in [2.45, 2.75) is 33.6 Å². The maximum atomic E-state index is 5.71. The van der Waals surface area contributed by atoms with Gasteiger partial charge in [-0.15, -0.1) is 23.2 Å². The number of alkyl halides is 2. The summed E-state index contributed by atoms with van der Waals surface area (Å²) < 4.78 is 0. The summed E-state index contributed by atoms with van der Waals surface area (Å²) in [5.41, 5.74) is 0.413. The molecule has 0 unspecified atom stereocenters. The Morgan fingerprint density at radius 1 is 1.09 bits per heavy atom. The molecule has 0 saturated heterocycles. The van der Waals surface area contributed by atoms with Crippen molar-refractivity contribution in [2.75, 3.05) is 11.8 Å². The van der Waals surface area contributed by atoms with Crippen LogP contribution < -0.4 is 0 Å². The lowest BCUT2D eigenvalue weighted by Gasteiger charge is -2.20. The molecular formula is C9H18Cl2. The molecule has 0 N–H and O–H groups in total. The van der Waals surface area contributed by atoms with Crippen molar-refractivity contribution in [1.29, 1.82) is 0 Å². The molecule has 0 radical (unpaired) electrons. The fraction of sp³-hybridized carbons (Fsp3) is 1.00. The molecule has 11 heavy (non-hydrogen) atoms. The van der Waals surface area contributed by atoms with Crippen molar-refractivity contribution in [3.8, 4) is 0 Å². The molecular weight excluding hydrogens is 179 g/mol. The zero-order chi connectivity index (χ0) is 8.91. The first-order valence-electron chi connectivity index (χ1n) is 4.11. The summed E-state index contributed by atoms with van der Waals surface area (Å²) in [4.78, 5) is 0. The summed E-state index contributed by atoms with van der Waals surface area (Å²) >= 11 is 11.4. The Kier molecular flexibility index (Phi) is 5.54. The SMILES string of the molecule is CC(C)(C)CCC(CCl)CCl. The first-order valence-corrected chi connectivity index (χ1v) is 5.18. The normalized spacial score (nSPS) is 12.5. The molecule has 0 atom stereocenters. The van der Waals surface area contributed by atoms with E-state index in [4.69, 9.17) is 23.2 Å². The van der Waals surface area contributed by atoms with Gasteiger partial charge < -0.3 is 0 Å². The Balaban J connectivity index is 3.51. The van der Waals surface area contributed by atoms with Gasteiger partial charge in [-0.05, 0) is 24.2 Å². The number of halogens is 2. The summed E-state index contributed by atoms with van der Waals surface area (Å²) in [6.45, 7) is 6.73. The maximum absolute atomic E-state index is 5.71. The van der Waals surface area contributed by atoms with E-state index >= 15 is 0 Å². The smallest absolute Gasteiger partial charge is 0.0263 e. The molecule has 0 heterocycles. The molecule has 0 aliphatic rings. The van der Waals surface area contributed by atoms with Gasteiger partial charge in [0.15, 0.2) is 0 Å². The van der Waals surface area contributed by atoms with Gasteiger partial charge in [0, 0.05) is 11.8 Å². The van der Waals surface area contributed by atoms with Crippen LogP contribution in [0.4, 0.5) is 0 Å². The molecule has 0 fully saturated rings. The quantitative estimate of drug-likeness (QED) is 0.599. The van der Waals surface area contributed by atoms with Crippen molar-refractivity contribution in [3.63, 3.8) is 0 Å². The summed E-state index contributed by atoms with van der Waals surface area (Å²) in [6.07, 6.45) is 2.35. The zero-order valence-electron chi connectivity index (χ0n) is 7.66. The van der Waals surface area contributed by atoms with Gasteiger partial charge in [-0.3, -0.25) is 0 Å². The van der Waals surface area contributed by atoms with E-state index in [1.807, 2.05) is 0 Å². The molecule has 0 aliphatic heterocycles. The average molecular weight is 197 g/mol. The van der Waals surface area contributed by atoms with Crippen LogP contribution in [0.5, 0.6) is 0 Å². The van der Waals surface area contributed by atoms with E-state index in [1.54, 1.807) is 0 Å². The van der Waals surface area contributed by atoms with Gasteiger partial charge in [0.25, 0.3) is 0 Å². The largest absolute Gasteiger partial charge is 0.126 e. The van der Waals surface area contributed by atoms with Crippen LogP contribution in [0, 0.1) is 11.3 Å². The van der Waals surface area contributed by atoms with Gasteiger partial charge >= 0.3 is 0 Å². The summed E-state index contributed by atoms with van der Waals surface area (Å²) in [5, 5.41) is 0. The third-order valence-corrected chi connectivity index (χ3v) is 2.61. The molecule has 0 bridgehead atoms. The minimum absolute atomic E-state index is 0.413. The third kappa shape index (κ3) is 6.96. The highest BCUT2D eigenvalue weighted by atomic mass is 35.5. The molecule has 0 aromatic rings. The highest BCUT2D eigenvalue weighted by molar-refractivity contribution is 6.20. The van der Waals surface area contributed by atoms with Crippen molar-refractivity contribution in [2.24, 2.45) is 11.3 Å². The second kappa shape index (κ2) is 5.27. The van der Waals surface area contributed by atoms with E-state index in [0.717, 1.165) is 6.42 Å². The predicted molar refractivity (Wildman–Crippen MR) is 53.6 cm³/mol. The molecule has 68 valence electrons. The monoisotopic (exact) mass is 196 g/mol. The van der Waals surface area contributed by atoms with Gasteiger partial charge in [0.1, 0.15) is 0 Å². The lowest BCUT2D eigenvalue weighted by Crippen LogP contribution is -2.11. The Hall–Kier alpha value is 0.580. The van der Waals surface area contributed by atoms with Crippen molar-refractivity contribution >= 4 is 23.2 Å². The van der Waals surface area contributed by atoms with Gasteiger partial charge in [-0.2, -0.15) is 0 Å². The Bertz CT molecular complexity index is 90.2. The van der Waals surface area contributed by atoms with E-state index in [2.05, 4.69) is 20.8 Å². The fourth-order valence-electron chi connectivity index (χ4n) is 0.833. The van der Waals surface area contributed by atoms with Gasteiger partial charge in [-0.1, -0.05) is 20.8 Å². The second-order valence-electron chi connectivity index (χ2n) is 4.27. The number of hydrogen-bond acceptors (Lipinski definition) is 0. The minimum Gasteiger partial charge on any atom is -0.126 e. The summed E-state index contributed by atoms with van der Waals surface area (Å²) in [5.74, 6) is 1.89. The third-order valence-electron chi connectivity index (χ3n) is 1.74. The van der Waals surface area contributed by atoms with Crippen molar-refractivity contribution in [1.82, 2.24) is 0 Å². The van der Waals surface area contributed by atoms with E-state index in [0.29, 0.717) is 23.1 Å². The lowest BCUT2D eigenvalue weighted by molar-refractivity contribution is 0.340. The highest BCUT2D eigenvalue weighted by Gasteiger charge is 2.13. The first-order chi connectivity index (χ1) is 4.99. The minimum atomic E-state index is 0.413.